The third-order valence-corrected chi connectivity index (χ3v) is 5.90. The summed E-state index contributed by atoms with van der Waals surface area (Å²) in [6, 6.07) is 7.05. The molecule has 4 aromatic heterocycles. The molecule has 11 heteroatoms. The summed E-state index contributed by atoms with van der Waals surface area (Å²) >= 11 is 0. The molecule has 0 aromatic carbocycles. The van der Waals surface area contributed by atoms with E-state index in [4.69, 9.17) is 13.6 Å². The first-order valence-electron chi connectivity index (χ1n) is 13.6. The van der Waals surface area contributed by atoms with Gasteiger partial charge >= 0.3 is 6.09 Å². The van der Waals surface area contributed by atoms with Crippen LogP contribution in [0, 0.1) is 13.8 Å². The van der Waals surface area contributed by atoms with Crippen LogP contribution in [-0.2, 0) is 11.7 Å². The summed E-state index contributed by atoms with van der Waals surface area (Å²) in [5.74, 6) is 2.15. The molecular weight excluding hydrogens is 472 g/mol. The van der Waals surface area contributed by atoms with Crippen LogP contribution in [0.3, 0.4) is 0 Å². The lowest BCUT2D eigenvalue weighted by molar-refractivity contribution is -0.0141. The summed E-state index contributed by atoms with van der Waals surface area (Å²) in [4.78, 5) is 22.8. The van der Waals surface area contributed by atoms with Crippen LogP contribution in [0.2, 0.25) is 0 Å². The number of hydrogen-bond acceptors (Lipinski definition) is 8. The summed E-state index contributed by atoms with van der Waals surface area (Å²) in [7, 11) is 0. The molecule has 1 atom stereocenters. The van der Waals surface area contributed by atoms with Crippen molar-refractivity contribution in [3.63, 3.8) is 0 Å². The fourth-order valence-corrected chi connectivity index (χ4v) is 4.18. The van der Waals surface area contributed by atoms with E-state index in [1.807, 2.05) is 52.8 Å². The molecule has 1 aliphatic rings. The average molecular weight is 508 g/mol. The summed E-state index contributed by atoms with van der Waals surface area (Å²) in [6.45, 7) is 7.40. The van der Waals surface area contributed by atoms with Crippen molar-refractivity contribution in [2.24, 2.45) is 6.98 Å². The molecule has 0 aliphatic carbocycles. The number of amides is 1. The first-order valence-corrected chi connectivity index (χ1v) is 12.1. The normalized spacial score (nSPS) is 17.1. The van der Waals surface area contributed by atoms with Crippen LogP contribution in [0.4, 0.5) is 16.4 Å². The van der Waals surface area contributed by atoms with Crippen molar-refractivity contribution in [1.82, 2.24) is 34.3 Å². The van der Waals surface area contributed by atoms with Crippen molar-refractivity contribution in [3.05, 3.63) is 48.2 Å². The molecule has 0 radical (unpaired) electrons. The highest BCUT2D eigenvalue weighted by Gasteiger charge is 2.36. The number of carbonyl (C=O) groups excluding carboxylic acids is 1. The van der Waals surface area contributed by atoms with E-state index in [1.54, 1.807) is 21.7 Å². The second-order valence-corrected chi connectivity index (χ2v) is 10.1. The molecule has 1 aliphatic heterocycles. The number of hydrogen-bond donors (Lipinski definition) is 1. The molecule has 37 heavy (non-hydrogen) atoms. The minimum absolute atomic E-state index is 0.180. The number of fused-ring (bicyclic) bond motifs is 1. The minimum atomic E-state index is -2.53. The third-order valence-electron chi connectivity index (χ3n) is 5.90. The Bertz CT molecular complexity index is 1540. The molecular formula is C26H32N8O3. The fraction of sp³-hybridized carbons (Fsp3) is 0.423. The van der Waals surface area contributed by atoms with Gasteiger partial charge in [-0.3, -0.25) is 4.68 Å². The Kier molecular flexibility index (Phi) is 5.32. The summed E-state index contributed by atoms with van der Waals surface area (Å²) < 4.78 is 38.2. The van der Waals surface area contributed by atoms with E-state index in [-0.39, 0.29) is 12.6 Å². The highest BCUT2D eigenvalue weighted by molar-refractivity contribution is 5.73. The predicted molar refractivity (Wildman–Crippen MR) is 139 cm³/mol. The van der Waals surface area contributed by atoms with Gasteiger partial charge in [-0.1, -0.05) is 0 Å². The third kappa shape index (κ3) is 5.35. The van der Waals surface area contributed by atoms with Gasteiger partial charge in [0.1, 0.15) is 29.5 Å². The first kappa shape index (κ1) is 21.0. The standard InChI is InChI=1S/C26H32N8O3/c1-16-11-22(29-17(2)28-16)30-23-13-20-12-18(7-10-34(20)31-23)24-21(14-27-32(24)6)36-15-19-8-9-33(19)25(35)37-26(3,4)5/h7,10-14,19H,8-9,15H2,1-6H3,(H,28,29,30,31)/t19-/m1/s1/i6D3. The zero-order chi connectivity index (χ0) is 28.8. The van der Waals surface area contributed by atoms with Crippen LogP contribution in [-0.4, -0.2) is 65.2 Å². The van der Waals surface area contributed by atoms with Crippen LogP contribution in [0.25, 0.3) is 16.8 Å². The molecule has 0 spiro atoms. The van der Waals surface area contributed by atoms with Crippen molar-refractivity contribution >= 4 is 23.2 Å². The number of aryl methyl sites for hydroxylation is 3. The van der Waals surface area contributed by atoms with Gasteiger partial charge in [-0.05, 0) is 53.2 Å². The Labute approximate surface area is 219 Å². The lowest BCUT2D eigenvalue weighted by Crippen LogP contribution is -2.55. The number of pyridine rings is 1. The Morgan fingerprint density at radius 2 is 2.05 bits per heavy atom. The lowest BCUT2D eigenvalue weighted by atomic mass is 10.1. The van der Waals surface area contributed by atoms with Crippen LogP contribution < -0.4 is 10.1 Å². The molecule has 0 saturated carbocycles. The average Bonchev–Trinajstić information content (AvgIpc) is 3.39. The Balaban J connectivity index is 1.39. The molecule has 4 aromatic rings. The van der Waals surface area contributed by atoms with E-state index in [0.717, 1.165) is 22.3 Å². The molecule has 11 nitrogen and oxygen atoms in total. The fourth-order valence-electron chi connectivity index (χ4n) is 4.18. The van der Waals surface area contributed by atoms with E-state index in [0.29, 0.717) is 41.0 Å². The number of carbonyl (C=O) groups is 1. The van der Waals surface area contributed by atoms with E-state index >= 15 is 0 Å². The van der Waals surface area contributed by atoms with Gasteiger partial charge in [0.15, 0.2) is 11.6 Å². The van der Waals surface area contributed by atoms with Crippen molar-refractivity contribution in [2.45, 2.75) is 52.7 Å². The van der Waals surface area contributed by atoms with Crippen molar-refractivity contribution in [2.75, 3.05) is 18.5 Å². The van der Waals surface area contributed by atoms with E-state index in [1.165, 1.54) is 6.20 Å². The number of nitrogens with one attached hydrogen (secondary N) is 1. The van der Waals surface area contributed by atoms with Gasteiger partial charge < -0.3 is 19.7 Å². The van der Waals surface area contributed by atoms with Gasteiger partial charge in [0.05, 0.1) is 17.8 Å². The number of rotatable bonds is 6. The molecule has 5 heterocycles. The van der Waals surface area contributed by atoms with E-state index < -0.39 is 18.7 Å². The molecule has 0 unspecified atom stereocenters. The summed E-state index contributed by atoms with van der Waals surface area (Å²) in [6.07, 6.45) is 3.49. The van der Waals surface area contributed by atoms with Crippen LogP contribution in [0.1, 0.15) is 42.8 Å². The monoisotopic (exact) mass is 507 g/mol. The van der Waals surface area contributed by atoms with Gasteiger partial charge in [-0.15, -0.1) is 0 Å². The smallest absolute Gasteiger partial charge is 0.410 e. The molecule has 1 N–H and O–H groups in total. The maximum Gasteiger partial charge on any atom is 0.410 e. The van der Waals surface area contributed by atoms with Crippen LogP contribution >= 0.6 is 0 Å². The largest absolute Gasteiger partial charge is 0.487 e. The predicted octanol–water partition coefficient (Wildman–Crippen LogP) is 4.27. The van der Waals surface area contributed by atoms with Crippen LogP contribution in [0.5, 0.6) is 5.75 Å². The van der Waals surface area contributed by atoms with Gasteiger partial charge in [-0.25, -0.2) is 19.3 Å². The van der Waals surface area contributed by atoms with Crippen LogP contribution in [0.15, 0.2) is 36.7 Å². The second kappa shape index (κ2) is 9.38. The number of ether oxygens (including phenoxy) is 2. The van der Waals surface area contributed by atoms with Crippen molar-refractivity contribution in [1.29, 1.82) is 0 Å². The molecule has 1 fully saturated rings. The SMILES string of the molecule is [2H]C([2H])([2H])n1ncc(OC[C@H]2CCN2C(=O)OC(C)(C)C)c1-c1ccn2nc(Nc3cc(C)nc(C)n3)cc2c1. The number of likely N-dealkylation sites (tertiary alicyclic amines) is 1. The van der Waals surface area contributed by atoms with Gasteiger partial charge in [0.25, 0.3) is 0 Å². The molecule has 5 rings (SSSR count). The first-order chi connectivity index (χ1) is 18.8. The minimum Gasteiger partial charge on any atom is -0.487 e. The zero-order valence-corrected chi connectivity index (χ0v) is 21.5. The molecule has 1 amide bonds. The maximum absolute atomic E-state index is 12.5. The number of nitrogens with zero attached hydrogens (tertiary/aromatic N) is 7. The summed E-state index contributed by atoms with van der Waals surface area (Å²) in [5.41, 5.74) is 1.86. The second-order valence-electron chi connectivity index (χ2n) is 10.1. The van der Waals surface area contributed by atoms with Gasteiger partial charge in [0, 0.05) is 47.2 Å². The topological polar surface area (TPSA) is 112 Å². The van der Waals surface area contributed by atoms with Crippen molar-refractivity contribution < 1.29 is 18.4 Å². The lowest BCUT2D eigenvalue weighted by Gasteiger charge is -2.40. The Morgan fingerprint density at radius 3 is 2.76 bits per heavy atom. The van der Waals surface area contributed by atoms with Gasteiger partial charge in [-0.2, -0.15) is 10.2 Å². The van der Waals surface area contributed by atoms with Crippen molar-refractivity contribution in [3.8, 4) is 17.0 Å². The highest BCUT2D eigenvalue weighted by atomic mass is 16.6. The quantitative estimate of drug-likeness (QED) is 0.412. The highest BCUT2D eigenvalue weighted by Crippen LogP contribution is 2.32. The maximum atomic E-state index is 12.5. The number of anilines is 2. The Morgan fingerprint density at radius 1 is 1.22 bits per heavy atom. The number of aromatic nitrogens is 6. The Hall–Kier alpha value is -4.15. The van der Waals surface area contributed by atoms with E-state index in [9.17, 15) is 4.79 Å². The molecule has 194 valence electrons. The molecule has 1 saturated heterocycles. The van der Waals surface area contributed by atoms with Gasteiger partial charge in [0.2, 0.25) is 0 Å². The van der Waals surface area contributed by atoms with E-state index in [2.05, 4.69) is 25.5 Å². The molecule has 0 bridgehead atoms. The summed E-state index contributed by atoms with van der Waals surface area (Å²) in [5, 5.41) is 11.9. The zero-order valence-electron chi connectivity index (χ0n) is 24.5.